The number of rotatable bonds is 3. The third-order valence-corrected chi connectivity index (χ3v) is 2.29. The highest BCUT2D eigenvalue weighted by Crippen LogP contribution is 2.29. The zero-order chi connectivity index (χ0) is 12.6. The summed E-state index contributed by atoms with van der Waals surface area (Å²) in [6, 6.07) is 0. The van der Waals surface area contributed by atoms with Gasteiger partial charge in [-0.05, 0) is 12.5 Å². The molecule has 90 valence electrons. The summed E-state index contributed by atoms with van der Waals surface area (Å²) in [6.07, 6.45) is -2.30. The predicted molar refractivity (Wildman–Crippen MR) is 50.6 cm³/mol. The van der Waals surface area contributed by atoms with Gasteiger partial charge in [0.2, 0.25) is 0 Å². The molecule has 7 heteroatoms. The van der Waals surface area contributed by atoms with Crippen LogP contribution >= 0.6 is 0 Å². The third-order valence-electron chi connectivity index (χ3n) is 2.29. The maximum atomic E-state index is 12.4. The number of halogens is 3. The standard InChI is InChI=1S/C9H12F3N3O/c1-8(13,9(10,11)12)7(16)3-6-4-14-15(2)5-6/h4-5H,3,13H2,1-2H3. The largest absolute Gasteiger partial charge is 0.413 e. The van der Waals surface area contributed by atoms with E-state index < -0.39 is 17.5 Å². The molecule has 1 atom stereocenters. The van der Waals surface area contributed by atoms with Crippen LogP contribution in [0.4, 0.5) is 13.2 Å². The van der Waals surface area contributed by atoms with Crippen molar-refractivity contribution in [3.05, 3.63) is 18.0 Å². The van der Waals surface area contributed by atoms with E-state index in [1.54, 1.807) is 7.05 Å². The van der Waals surface area contributed by atoms with E-state index in [0.29, 0.717) is 12.5 Å². The van der Waals surface area contributed by atoms with Gasteiger partial charge in [-0.15, -0.1) is 0 Å². The van der Waals surface area contributed by atoms with Gasteiger partial charge in [0, 0.05) is 19.7 Å². The fourth-order valence-corrected chi connectivity index (χ4v) is 1.09. The Balaban J connectivity index is 2.80. The zero-order valence-electron chi connectivity index (χ0n) is 8.88. The van der Waals surface area contributed by atoms with E-state index in [1.165, 1.54) is 17.1 Å². The number of Topliss-reactive ketones (excluding diaryl/α,β-unsaturated/α-hetero) is 1. The predicted octanol–water partition coefficient (Wildman–Crippen LogP) is 0.811. The molecule has 16 heavy (non-hydrogen) atoms. The topological polar surface area (TPSA) is 60.9 Å². The summed E-state index contributed by atoms with van der Waals surface area (Å²) < 4.78 is 38.7. The van der Waals surface area contributed by atoms with Gasteiger partial charge in [-0.2, -0.15) is 18.3 Å². The van der Waals surface area contributed by atoms with Crippen LogP contribution in [0.1, 0.15) is 12.5 Å². The highest BCUT2D eigenvalue weighted by molar-refractivity contribution is 5.90. The Morgan fingerprint density at radius 1 is 1.56 bits per heavy atom. The molecule has 1 aromatic heterocycles. The van der Waals surface area contributed by atoms with E-state index in [-0.39, 0.29) is 6.42 Å². The molecule has 0 saturated carbocycles. The van der Waals surface area contributed by atoms with Crippen LogP contribution in [0.3, 0.4) is 0 Å². The lowest BCUT2D eigenvalue weighted by Crippen LogP contribution is -2.57. The summed E-state index contributed by atoms with van der Waals surface area (Å²) in [5.41, 5.74) is 2.58. The van der Waals surface area contributed by atoms with Crippen molar-refractivity contribution in [1.29, 1.82) is 0 Å². The number of aromatic nitrogens is 2. The van der Waals surface area contributed by atoms with E-state index in [1.807, 2.05) is 0 Å². The second kappa shape index (κ2) is 3.89. The summed E-state index contributed by atoms with van der Waals surface area (Å²) >= 11 is 0. The van der Waals surface area contributed by atoms with Crippen molar-refractivity contribution in [3.8, 4) is 0 Å². The second-order valence-corrected chi connectivity index (χ2v) is 3.82. The van der Waals surface area contributed by atoms with Crippen molar-refractivity contribution in [2.45, 2.75) is 25.1 Å². The molecule has 0 amide bonds. The van der Waals surface area contributed by atoms with Crippen LogP contribution in [-0.2, 0) is 18.3 Å². The lowest BCUT2D eigenvalue weighted by atomic mass is 9.93. The van der Waals surface area contributed by atoms with Crippen LogP contribution in [0, 0.1) is 0 Å². The number of alkyl halides is 3. The van der Waals surface area contributed by atoms with Crippen molar-refractivity contribution in [3.63, 3.8) is 0 Å². The summed E-state index contributed by atoms with van der Waals surface area (Å²) in [4.78, 5) is 11.4. The van der Waals surface area contributed by atoms with Gasteiger partial charge in [-0.1, -0.05) is 0 Å². The highest BCUT2D eigenvalue weighted by Gasteiger charge is 2.53. The SMILES string of the molecule is Cn1cc(CC(=O)C(C)(N)C(F)(F)F)cn1. The Bertz CT molecular complexity index is 395. The van der Waals surface area contributed by atoms with E-state index in [4.69, 9.17) is 5.73 Å². The molecule has 0 aromatic carbocycles. The molecule has 4 nitrogen and oxygen atoms in total. The van der Waals surface area contributed by atoms with Crippen LogP contribution in [0.15, 0.2) is 12.4 Å². The van der Waals surface area contributed by atoms with E-state index >= 15 is 0 Å². The number of hydrogen-bond acceptors (Lipinski definition) is 3. The Hall–Kier alpha value is -1.37. The number of carbonyl (C=O) groups is 1. The molecule has 0 aliphatic rings. The first-order chi connectivity index (χ1) is 7.14. The summed E-state index contributed by atoms with van der Waals surface area (Å²) in [5, 5.41) is 3.76. The zero-order valence-corrected chi connectivity index (χ0v) is 8.88. The van der Waals surface area contributed by atoms with Gasteiger partial charge in [-0.25, -0.2) is 0 Å². The summed E-state index contributed by atoms with van der Waals surface area (Å²) in [5.74, 6) is -1.08. The molecule has 0 aliphatic carbocycles. The number of aryl methyl sites for hydroxylation is 1. The van der Waals surface area contributed by atoms with E-state index in [9.17, 15) is 18.0 Å². The van der Waals surface area contributed by atoms with Crippen LogP contribution in [-0.4, -0.2) is 27.3 Å². The monoisotopic (exact) mass is 235 g/mol. The molecule has 2 N–H and O–H groups in total. The van der Waals surface area contributed by atoms with Crippen molar-refractivity contribution in [2.24, 2.45) is 12.8 Å². The molecule has 0 fully saturated rings. The quantitative estimate of drug-likeness (QED) is 0.843. The molecule has 0 spiro atoms. The van der Waals surface area contributed by atoms with Crippen molar-refractivity contribution in [2.75, 3.05) is 0 Å². The maximum absolute atomic E-state index is 12.4. The molecule has 0 aliphatic heterocycles. The van der Waals surface area contributed by atoms with Crippen LogP contribution < -0.4 is 5.73 Å². The first kappa shape index (κ1) is 12.7. The Morgan fingerprint density at radius 3 is 2.50 bits per heavy atom. The molecule has 0 saturated heterocycles. The Morgan fingerprint density at radius 2 is 2.12 bits per heavy atom. The minimum Gasteiger partial charge on any atom is -0.312 e. The number of carbonyl (C=O) groups excluding carboxylic acids is 1. The number of ketones is 1. The number of nitrogens with zero attached hydrogens (tertiary/aromatic N) is 2. The van der Waals surface area contributed by atoms with Crippen molar-refractivity contribution in [1.82, 2.24) is 9.78 Å². The Kier molecular flexibility index (Phi) is 3.09. The minimum absolute atomic E-state index is 0.375. The lowest BCUT2D eigenvalue weighted by Gasteiger charge is -2.25. The molecule has 1 rings (SSSR count). The average molecular weight is 235 g/mol. The maximum Gasteiger partial charge on any atom is 0.413 e. The normalized spacial score (nSPS) is 15.9. The molecule has 1 heterocycles. The van der Waals surface area contributed by atoms with Crippen molar-refractivity contribution < 1.29 is 18.0 Å². The second-order valence-electron chi connectivity index (χ2n) is 3.82. The number of hydrogen-bond donors (Lipinski definition) is 1. The van der Waals surface area contributed by atoms with Crippen LogP contribution in [0.5, 0.6) is 0 Å². The van der Waals surface area contributed by atoms with Crippen molar-refractivity contribution >= 4 is 5.78 Å². The fraction of sp³-hybridized carbons (Fsp3) is 0.556. The molecular formula is C9H12F3N3O. The highest BCUT2D eigenvalue weighted by atomic mass is 19.4. The third kappa shape index (κ3) is 2.41. The van der Waals surface area contributed by atoms with Crippen LogP contribution in [0.2, 0.25) is 0 Å². The first-order valence-corrected chi connectivity index (χ1v) is 4.51. The van der Waals surface area contributed by atoms with E-state index in [0.717, 1.165) is 0 Å². The lowest BCUT2D eigenvalue weighted by molar-refractivity contribution is -0.185. The molecule has 1 aromatic rings. The van der Waals surface area contributed by atoms with E-state index in [2.05, 4.69) is 5.10 Å². The van der Waals surface area contributed by atoms with Gasteiger partial charge in [0.05, 0.1) is 6.20 Å². The molecule has 0 radical (unpaired) electrons. The Labute approximate surface area is 90.2 Å². The van der Waals surface area contributed by atoms with Gasteiger partial charge < -0.3 is 5.73 Å². The number of nitrogens with two attached hydrogens (primary N) is 1. The molecular weight excluding hydrogens is 223 g/mol. The van der Waals surface area contributed by atoms with Crippen LogP contribution in [0.25, 0.3) is 0 Å². The average Bonchev–Trinajstić information content (AvgIpc) is 2.49. The minimum atomic E-state index is -4.74. The first-order valence-electron chi connectivity index (χ1n) is 4.51. The molecule has 0 bridgehead atoms. The van der Waals surface area contributed by atoms with Gasteiger partial charge in [0.15, 0.2) is 11.3 Å². The summed E-state index contributed by atoms with van der Waals surface area (Å²) in [6.45, 7) is 0.672. The fourth-order valence-electron chi connectivity index (χ4n) is 1.09. The van der Waals surface area contributed by atoms with Gasteiger partial charge in [0.1, 0.15) is 0 Å². The van der Waals surface area contributed by atoms with Gasteiger partial charge in [-0.3, -0.25) is 9.48 Å². The summed E-state index contributed by atoms with van der Waals surface area (Å²) in [7, 11) is 1.61. The smallest absolute Gasteiger partial charge is 0.312 e. The van der Waals surface area contributed by atoms with Gasteiger partial charge >= 0.3 is 6.18 Å². The molecule has 1 unspecified atom stereocenters. The van der Waals surface area contributed by atoms with Gasteiger partial charge in [0.25, 0.3) is 0 Å².